The molecular formula is C19H25FN2O6S. The molecule has 2 aliphatic heterocycles. The first kappa shape index (κ1) is 21.5. The highest BCUT2D eigenvalue weighted by Crippen LogP contribution is 2.39. The highest BCUT2D eigenvalue weighted by atomic mass is 32.2. The monoisotopic (exact) mass is 428 g/mol. The van der Waals surface area contributed by atoms with Crippen LogP contribution in [0.4, 0.5) is 4.39 Å². The molecule has 2 aliphatic rings. The Bertz CT molecular complexity index is 921. The Morgan fingerprint density at radius 3 is 2.10 bits per heavy atom. The van der Waals surface area contributed by atoms with Gasteiger partial charge in [0, 0.05) is 12.1 Å². The molecular weight excluding hydrogens is 403 g/mol. The summed E-state index contributed by atoms with van der Waals surface area (Å²) in [5.41, 5.74) is -1.57. The number of esters is 1. The lowest BCUT2D eigenvalue weighted by Crippen LogP contribution is -2.45. The van der Waals surface area contributed by atoms with E-state index in [-0.39, 0.29) is 17.6 Å². The largest absolute Gasteiger partial charge is 0.493 e. The summed E-state index contributed by atoms with van der Waals surface area (Å²) in [5, 5.41) is 0. The molecule has 1 aromatic carbocycles. The third-order valence-corrected chi connectivity index (χ3v) is 6.64. The van der Waals surface area contributed by atoms with Crippen molar-refractivity contribution in [1.29, 1.82) is 0 Å². The van der Waals surface area contributed by atoms with E-state index in [2.05, 4.69) is 0 Å². The van der Waals surface area contributed by atoms with Gasteiger partial charge in [-0.1, -0.05) is 0 Å². The van der Waals surface area contributed by atoms with Gasteiger partial charge < -0.3 is 9.47 Å². The molecule has 1 N–H and O–H groups in total. The van der Waals surface area contributed by atoms with E-state index in [0.29, 0.717) is 0 Å². The van der Waals surface area contributed by atoms with Crippen LogP contribution < -0.4 is 9.46 Å². The first-order valence-electron chi connectivity index (χ1n) is 9.40. The van der Waals surface area contributed by atoms with Crippen LogP contribution in [0.3, 0.4) is 0 Å². The van der Waals surface area contributed by atoms with Gasteiger partial charge in [-0.3, -0.25) is 4.79 Å². The van der Waals surface area contributed by atoms with E-state index in [9.17, 15) is 22.4 Å². The fourth-order valence-electron chi connectivity index (χ4n) is 3.91. The van der Waals surface area contributed by atoms with Crippen molar-refractivity contribution in [2.75, 3.05) is 7.11 Å². The summed E-state index contributed by atoms with van der Waals surface area (Å²) in [5.74, 6) is -3.55. The Hall–Kier alpha value is -2.20. The molecule has 2 heterocycles. The third kappa shape index (κ3) is 4.23. The average molecular weight is 428 g/mol. The highest BCUT2D eigenvalue weighted by molar-refractivity contribution is 7.87. The van der Waals surface area contributed by atoms with Gasteiger partial charge in [0.25, 0.3) is 5.91 Å². The predicted molar refractivity (Wildman–Crippen MR) is 102 cm³/mol. The molecule has 10 heteroatoms. The minimum atomic E-state index is -4.07. The Kier molecular flexibility index (Phi) is 5.61. The number of rotatable bonds is 5. The van der Waals surface area contributed by atoms with Crippen LogP contribution in [0.5, 0.6) is 5.75 Å². The minimum absolute atomic E-state index is 0.113. The normalized spacial score (nSPS) is 21.8. The number of hydrogen-bond acceptors (Lipinski definition) is 6. The standard InChI is InChI=1S/C19H25FN2O6S/c1-19(2,3)28-18(24)13-9-10-14(16(27-4)15(13)20)17(23)21-29(25,26)22-11-5-6-12(22)8-7-11/h9-12H,5-8H2,1-4H3,(H,21,23). The van der Waals surface area contributed by atoms with Crippen LogP contribution in [0, 0.1) is 5.82 Å². The zero-order valence-corrected chi connectivity index (χ0v) is 17.6. The van der Waals surface area contributed by atoms with Crippen LogP contribution >= 0.6 is 0 Å². The van der Waals surface area contributed by atoms with Crippen LogP contribution in [-0.2, 0) is 14.9 Å². The summed E-state index contributed by atoms with van der Waals surface area (Å²) in [6.45, 7) is 4.91. The number of halogens is 1. The van der Waals surface area contributed by atoms with E-state index >= 15 is 0 Å². The second-order valence-electron chi connectivity index (χ2n) is 8.24. The number of hydrogen-bond donors (Lipinski definition) is 1. The molecule has 1 aromatic rings. The smallest absolute Gasteiger partial charge is 0.341 e. The van der Waals surface area contributed by atoms with Crippen molar-refractivity contribution in [2.45, 2.75) is 64.1 Å². The summed E-state index contributed by atoms with van der Waals surface area (Å²) in [6.07, 6.45) is 3.06. The fraction of sp³-hybridized carbons (Fsp3) is 0.579. The average Bonchev–Trinajstić information content (AvgIpc) is 3.20. The Morgan fingerprint density at radius 1 is 1.10 bits per heavy atom. The molecule has 0 atom stereocenters. The summed E-state index contributed by atoms with van der Waals surface area (Å²) in [7, 11) is -2.94. The summed E-state index contributed by atoms with van der Waals surface area (Å²) >= 11 is 0. The summed E-state index contributed by atoms with van der Waals surface area (Å²) in [6, 6.07) is 1.99. The summed E-state index contributed by atoms with van der Waals surface area (Å²) in [4.78, 5) is 24.8. The maximum Gasteiger partial charge on any atom is 0.341 e. The van der Waals surface area contributed by atoms with Gasteiger partial charge in [-0.05, 0) is 58.6 Å². The molecule has 29 heavy (non-hydrogen) atoms. The molecule has 2 fully saturated rings. The van der Waals surface area contributed by atoms with Gasteiger partial charge in [-0.15, -0.1) is 0 Å². The Labute approximate surface area is 169 Å². The lowest BCUT2D eigenvalue weighted by Gasteiger charge is -2.22. The molecule has 0 saturated carbocycles. The van der Waals surface area contributed by atoms with Crippen molar-refractivity contribution in [3.63, 3.8) is 0 Å². The van der Waals surface area contributed by atoms with E-state index in [1.807, 2.05) is 4.72 Å². The highest BCUT2D eigenvalue weighted by Gasteiger charge is 2.46. The number of nitrogens with zero attached hydrogens (tertiary/aromatic N) is 1. The number of nitrogens with one attached hydrogen (secondary N) is 1. The zero-order chi connectivity index (χ0) is 21.6. The van der Waals surface area contributed by atoms with E-state index in [0.717, 1.165) is 44.9 Å². The van der Waals surface area contributed by atoms with Gasteiger partial charge in [0.2, 0.25) is 0 Å². The molecule has 0 unspecified atom stereocenters. The van der Waals surface area contributed by atoms with E-state index < -0.39 is 44.8 Å². The van der Waals surface area contributed by atoms with E-state index in [4.69, 9.17) is 9.47 Å². The number of methoxy groups -OCH3 is 1. The molecule has 0 spiro atoms. The van der Waals surface area contributed by atoms with Gasteiger partial charge in [-0.2, -0.15) is 12.7 Å². The third-order valence-electron chi connectivity index (χ3n) is 5.05. The molecule has 0 aromatic heterocycles. The maximum atomic E-state index is 14.8. The number of fused-ring (bicyclic) bond motifs is 2. The van der Waals surface area contributed by atoms with Crippen molar-refractivity contribution in [3.05, 3.63) is 29.1 Å². The van der Waals surface area contributed by atoms with Crippen LogP contribution in [0.15, 0.2) is 12.1 Å². The Balaban J connectivity index is 1.86. The number of benzene rings is 1. The molecule has 1 amide bonds. The fourth-order valence-corrected chi connectivity index (χ4v) is 5.56. The van der Waals surface area contributed by atoms with Crippen molar-refractivity contribution in [1.82, 2.24) is 9.03 Å². The Morgan fingerprint density at radius 2 is 1.62 bits per heavy atom. The van der Waals surface area contributed by atoms with Crippen molar-refractivity contribution < 1.29 is 31.9 Å². The maximum absolute atomic E-state index is 14.8. The van der Waals surface area contributed by atoms with Crippen LogP contribution in [-0.4, -0.2) is 49.4 Å². The van der Waals surface area contributed by atoms with Crippen LogP contribution in [0.2, 0.25) is 0 Å². The molecule has 2 saturated heterocycles. The van der Waals surface area contributed by atoms with Crippen molar-refractivity contribution in [3.8, 4) is 5.75 Å². The number of carbonyl (C=O) groups excluding carboxylic acids is 2. The van der Waals surface area contributed by atoms with Crippen molar-refractivity contribution >= 4 is 22.1 Å². The number of ether oxygens (including phenoxy) is 2. The van der Waals surface area contributed by atoms with E-state index in [1.165, 1.54) is 4.31 Å². The molecule has 8 nitrogen and oxygen atoms in total. The molecule has 160 valence electrons. The summed E-state index contributed by atoms with van der Waals surface area (Å²) < 4.78 is 53.6. The first-order chi connectivity index (χ1) is 13.4. The molecule has 0 aliphatic carbocycles. The van der Waals surface area contributed by atoms with Gasteiger partial charge in [0.05, 0.1) is 18.2 Å². The second kappa shape index (κ2) is 7.56. The van der Waals surface area contributed by atoms with Gasteiger partial charge >= 0.3 is 16.2 Å². The van der Waals surface area contributed by atoms with Gasteiger partial charge in [0.1, 0.15) is 5.60 Å². The molecule has 2 bridgehead atoms. The van der Waals surface area contributed by atoms with E-state index in [1.54, 1.807) is 20.8 Å². The molecule has 0 radical (unpaired) electrons. The second-order valence-corrected chi connectivity index (χ2v) is 9.81. The van der Waals surface area contributed by atoms with Crippen LogP contribution in [0.1, 0.15) is 67.2 Å². The first-order valence-corrected chi connectivity index (χ1v) is 10.8. The predicted octanol–water partition coefficient (Wildman–Crippen LogP) is 2.39. The van der Waals surface area contributed by atoms with Crippen LogP contribution in [0.25, 0.3) is 0 Å². The quantitative estimate of drug-likeness (QED) is 0.723. The number of amides is 1. The van der Waals surface area contributed by atoms with Gasteiger partial charge in [0.15, 0.2) is 11.6 Å². The zero-order valence-electron chi connectivity index (χ0n) is 16.8. The van der Waals surface area contributed by atoms with Crippen molar-refractivity contribution in [2.24, 2.45) is 0 Å². The molecule has 3 rings (SSSR count). The topological polar surface area (TPSA) is 102 Å². The minimum Gasteiger partial charge on any atom is -0.493 e. The van der Waals surface area contributed by atoms with Gasteiger partial charge in [-0.25, -0.2) is 13.9 Å². The number of carbonyl (C=O) groups is 2. The lowest BCUT2D eigenvalue weighted by molar-refractivity contribution is 0.00636. The SMILES string of the molecule is COc1c(C(=O)NS(=O)(=O)N2C3CCC2CC3)ccc(C(=O)OC(C)(C)C)c1F. The lowest BCUT2D eigenvalue weighted by atomic mass is 10.0.